The second kappa shape index (κ2) is 10.2. The molecule has 3 aliphatic carbocycles. The number of nitrogens with two attached hydrogens (primary N) is 1. The number of primary amides is 1. The van der Waals surface area contributed by atoms with Crippen molar-refractivity contribution in [2.45, 2.75) is 44.7 Å². The summed E-state index contributed by atoms with van der Waals surface area (Å²) in [7, 11) is 3.40. The van der Waals surface area contributed by atoms with E-state index in [1.807, 2.05) is 12.1 Å². The van der Waals surface area contributed by atoms with Crippen LogP contribution in [0.3, 0.4) is 0 Å². The number of phenols is 1. The molecule has 41 heavy (non-hydrogen) atoms. The van der Waals surface area contributed by atoms with Crippen LogP contribution in [0.25, 0.3) is 17.1 Å². The molecular weight excluding hydrogens is 526 g/mol. The van der Waals surface area contributed by atoms with Crippen LogP contribution in [0.15, 0.2) is 45.6 Å². The van der Waals surface area contributed by atoms with Gasteiger partial charge in [0.25, 0.3) is 5.91 Å². The van der Waals surface area contributed by atoms with Crippen LogP contribution in [0.5, 0.6) is 5.75 Å². The molecule has 6 rings (SSSR count). The predicted octanol–water partition coefficient (Wildman–Crippen LogP) is 3.10. The van der Waals surface area contributed by atoms with Crippen LogP contribution < -0.4 is 5.73 Å². The fraction of sp³-hybridized carbons (Fsp3) is 0.452. The van der Waals surface area contributed by atoms with E-state index in [1.165, 1.54) is 25.3 Å². The molecule has 1 saturated carbocycles. The molecule has 0 spiro atoms. The smallest absolute Gasteiger partial charge is 0.255 e. The minimum atomic E-state index is -1.27. The molecule has 3 unspecified atom stereocenters. The summed E-state index contributed by atoms with van der Waals surface area (Å²) in [6, 6.07) is 6.28. The number of aromatic hydroxyl groups is 1. The van der Waals surface area contributed by atoms with Crippen molar-refractivity contribution in [3.8, 4) is 17.1 Å². The van der Waals surface area contributed by atoms with Gasteiger partial charge in [-0.3, -0.25) is 24.2 Å². The maximum Gasteiger partial charge on any atom is 0.255 e. The summed E-state index contributed by atoms with van der Waals surface area (Å²) < 4.78 is 6.25. The van der Waals surface area contributed by atoms with E-state index in [9.17, 15) is 29.7 Å². The van der Waals surface area contributed by atoms with Crippen LogP contribution in [-0.4, -0.2) is 75.8 Å². The van der Waals surface area contributed by atoms with E-state index in [4.69, 9.17) is 10.2 Å². The Morgan fingerprint density at radius 3 is 2.46 bits per heavy atom. The Morgan fingerprint density at radius 1 is 1.05 bits per heavy atom. The molecule has 5 N–H and O–H groups in total. The number of hydrogen-bond acceptors (Lipinski definition) is 9. The maximum absolute atomic E-state index is 13.9. The number of allylic oxidation sites excluding steroid dienone is 1. The first-order valence-corrected chi connectivity index (χ1v) is 14.2. The summed E-state index contributed by atoms with van der Waals surface area (Å²) in [6.45, 7) is 2.78. The lowest BCUT2D eigenvalue weighted by molar-refractivity contribution is -0.136. The molecule has 1 aliphatic heterocycles. The monoisotopic (exact) mass is 561 g/mol. The number of piperidine rings is 1. The lowest BCUT2D eigenvalue weighted by atomic mass is 9.59. The molecule has 1 aromatic carbocycles. The second-order valence-electron chi connectivity index (χ2n) is 11.9. The summed E-state index contributed by atoms with van der Waals surface area (Å²) in [5, 5.41) is 33.2. The third-order valence-corrected chi connectivity index (χ3v) is 9.20. The molecule has 4 aliphatic rings. The molecule has 2 fully saturated rings. The van der Waals surface area contributed by atoms with Crippen LogP contribution in [0, 0.1) is 17.8 Å². The first-order valence-electron chi connectivity index (χ1n) is 14.2. The molecule has 2 aromatic rings. The predicted molar refractivity (Wildman–Crippen MR) is 150 cm³/mol. The normalized spacial score (nSPS) is 26.7. The number of fused-ring (bicyclic) bond motifs is 3. The van der Waals surface area contributed by atoms with E-state index in [0.29, 0.717) is 36.3 Å². The number of Topliss-reactive ketones (excluding diaryl/α,β-unsaturated/α-hetero) is 2. The fourth-order valence-electron chi connectivity index (χ4n) is 7.44. The number of likely N-dealkylation sites (N-methyl/N-ethyl adjacent to an activating group) is 1. The SMILES string of the molecule is CN(C)[C@@H]1C(O)=C(C(N)=O)C(=O)C2C(=O)C3=C(O)c4c(O)ccc(-c5ccc(CN6CCCCC6)o5)c4CC3CC21. The standard InChI is InChI=1S/C31H35N3O7/c1-33(2)26-19-13-15-12-18-17(21-9-6-16(41-21)14-34-10-4-3-5-11-34)7-8-20(35)23(18)27(36)22(15)28(37)24(19)29(38)25(30(26)39)31(32)40/h6-9,15,19,24,26,35-36,39H,3-5,10-14H2,1-2H3,(H2,32,40)/t15?,19?,24?,26-/m0/s1. The number of carbonyl (C=O) groups is 3. The Morgan fingerprint density at radius 2 is 1.78 bits per heavy atom. The molecule has 0 radical (unpaired) electrons. The lowest BCUT2D eigenvalue weighted by Crippen LogP contribution is -2.55. The van der Waals surface area contributed by atoms with Gasteiger partial charge in [0.1, 0.15) is 34.4 Å². The molecule has 1 aromatic heterocycles. The zero-order valence-corrected chi connectivity index (χ0v) is 23.2. The number of likely N-dealkylation sites (tertiary alicyclic amines) is 1. The number of furan rings is 1. The van der Waals surface area contributed by atoms with Crippen LogP contribution in [0.4, 0.5) is 0 Å². The van der Waals surface area contributed by atoms with Crippen molar-refractivity contribution >= 4 is 23.2 Å². The van der Waals surface area contributed by atoms with E-state index in [1.54, 1.807) is 25.1 Å². The minimum Gasteiger partial charge on any atom is -0.510 e. The molecule has 1 amide bonds. The summed E-state index contributed by atoms with van der Waals surface area (Å²) in [5.74, 6) is -4.45. The van der Waals surface area contributed by atoms with Crippen molar-refractivity contribution in [2.24, 2.45) is 23.5 Å². The van der Waals surface area contributed by atoms with E-state index in [2.05, 4.69) is 4.90 Å². The average molecular weight is 562 g/mol. The van der Waals surface area contributed by atoms with Gasteiger partial charge in [-0.1, -0.05) is 6.42 Å². The second-order valence-corrected chi connectivity index (χ2v) is 11.9. The van der Waals surface area contributed by atoms with E-state index < -0.39 is 52.6 Å². The number of aliphatic hydroxyl groups is 2. The van der Waals surface area contributed by atoms with Crippen molar-refractivity contribution in [3.05, 3.63) is 58.1 Å². The Hall–Kier alpha value is -3.89. The van der Waals surface area contributed by atoms with Gasteiger partial charge < -0.3 is 25.5 Å². The number of benzene rings is 1. The number of rotatable bonds is 5. The molecule has 216 valence electrons. The van der Waals surface area contributed by atoms with Crippen molar-refractivity contribution in [3.63, 3.8) is 0 Å². The molecule has 10 heteroatoms. The number of aliphatic hydroxyl groups excluding tert-OH is 2. The Bertz CT molecular complexity index is 1510. The molecule has 1 saturated heterocycles. The van der Waals surface area contributed by atoms with Crippen molar-refractivity contribution in [1.82, 2.24) is 9.80 Å². The highest BCUT2D eigenvalue weighted by Crippen LogP contribution is 2.51. The summed E-state index contributed by atoms with van der Waals surface area (Å²) in [6.07, 6.45) is 4.21. The van der Waals surface area contributed by atoms with Crippen LogP contribution in [-0.2, 0) is 27.3 Å². The van der Waals surface area contributed by atoms with Gasteiger partial charge in [-0.05, 0) is 94.5 Å². The van der Waals surface area contributed by atoms with Gasteiger partial charge >= 0.3 is 0 Å². The lowest BCUT2D eigenvalue weighted by Gasteiger charge is -2.46. The van der Waals surface area contributed by atoms with Crippen LogP contribution in [0.2, 0.25) is 0 Å². The molecular formula is C31H35N3O7. The third-order valence-electron chi connectivity index (χ3n) is 9.20. The van der Waals surface area contributed by atoms with Crippen LogP contribution in [0.1, 0.15) is 42.6 Å². The number of phenolic OH excluding ortho intramolecular Hbond substituents is 1. The quantitative estimate of drug-likeness (QED) is 0.318. The van der Waals surface area contributed by atoms with E-state index >= 15 is 0 Å². The number of hydrogen-bond donors (Lipinski definition) is 4. The summed E-state index contributed by atoms with van der Waals surface area (Å²) >= 11 is 0. The van der Waals surface area contributed by atoms with Gasteiger partial charge in [0.05, 0.1) is 24.1 Å². The third kappa shape index (κ3) is 4.36. The molecule has 2 heterocycles. The largest absolute Gasteiger partial charge is 0.510 e. The van der Waals surface area contributed by atoms with Crippen molar-refractivity contribution < 1.29 is 34.1 Å². The highest BCUT2D eigenvalue weighted by Gasteiger charge is 2.55. The van der Waals surface area contributed by atoms with Gasteiger partial charge in [-0.2, -0.15) is 0 Å². The summed E-state index contributed by atoms with van der Waals surface area (Å²) in [5.41, 5.74) is 6.44. The molecule has 10 nitrogen and oxygen atoms in total. The zero-order valence-electron chi connectivity index (χ0n) is 23.2. The minimum absolute atomic E-state index is 0.0625. The molecule has 4 atom stereocenters. The highest BCUT2D eigenvalue weighted by atomic mass is 16.3. The highest BCUT2D eigenvalue weighted by molar-refractivity contribution is 6.28. The fourth-order valence-corrected chi connectivity index (χ4v) is 7.44. The molecule has 0 bridgehead atoms. The zero-order chi connectivity index (χ0) is 29.2. The number of amides is 1. The van der Waals surface area contributed by atoms with Gasteiger partial charge in [-0.25, -0.2) is 0 Å². The van der Waals surface area contributed by atoms with Gasteiger partial charge in [0.2, 0.25) is 0 Å². The first kappa shape index (κ1) is 27.3. The van der Waals surface area contributed by atoms with Crippen molar-refractivity contribution in [1.29, 1.82) is 0 Å². The number of ketones is 2. The first-order chi connectivity index (χ1) is 19.6. The Balaban J connectivity index is 1.40. The Kier molecular flexibility index (Phi) is 6.78. The van der Waals surface area contributed by atoms with Crippen molar-refractivity contribution in [2.75, 3.05) is 27.2 Å². The summed E-state index contributed by atoms with van der Waals surface area (Å²) in [4.78, 5) is 43.4. The van der Waals surface area contributed by atoms with E-state index in [-0.39, 0.29) is 22.6 Å². The van der Waals surface area contributed by atoms with Gasteiger partial charge in [0.15, 0.2) is 11.6 Å². The topological polar surface area (TPSA) is 158 Å². The van der Waals surface area contributed by atoms with Gasteiger partial charge in [0, 0.05) is 11.1 Å². The average Bonchev–Trinajstić information content (AvgIpc) is 3.36. The van der Waals surface area contributed by atoms with Crippen LogP contribution >= 0.6 is 0 Å². The number of nitrogens with zero attached hydrogens (tertiary/aromatic N) is 2. The number of carbonyl (C=O) groups excluding carboxylic acids is 3. The Labute approximate surface area is 237 Å². The van der Waals surface area contributed by atoms with E-state index in [0.717, 1.165) is 18.8 Å². The maximum atomic E-state index is 13.9. The van der Waals surface area contributed by atoms with Gasteiger partial charge in [-0.15, -0.1) is 0 Å².